The number of nitrogens with two attached hydrogens (primary N) is 2. The number of carbonyl (C=O) groups is 1. The SMILES string of the molecule is NC(=O)c1ncc(N[C@H]2CCCC[C@H]2N)cc1Nc1ccc(-c2coc3c(=O)cc(N4CCOCC4)oc23)s1. The first-order valence-electron chi connectivity index (χ1n) is 13.0. The summed E-state index contributed by atoms with van der Waals surface area (Å²) in [5, 5.41) is 7.50. The summed E-state index contributed by atoms with van der Waals surface area (Å²) in [4.78, 5) is 32.0. The van der Waals surface area contributed by atoms with E-state index in [2.05, 4.69) is 15.6 Å². The molecule has 11 nitrogen and oxygen atoms in total. The van der Waals surface area contributed by atoms with Crippen LogP contribution in [0.15, 0.2) is 50.4 Å². The van der Waals surface area contributed by atoms with E-state index >= 15 is 0 Å². The number of anilines is 4. The number of nitrogens with one attached hydrogen (secondary N) is 2. The predicted molar refractivity (Wildman–Crippen MR) is 151 cm³/mol. The molecule has 1 saturated carbocycles. The second-order valence-electron chi connectivity index (χ2n) is 9.83. The molecule has 0 spiro atoms. The third-order valence-corrected chi connectivity index (χ3v) is 8.21. The second kappa shape index (κ2) is 10.7. The lowest BCUT2D eigenvalue weighted by molar-refractivity contribution is 0.0996. The van der Waals surface area contributed by atoms with Crippen molar-refractivity contribution in [2.75, 3.05) is 41.8 Å². The van der Waals surface area contributed by atoms with Crippen molar-refractivity contribution in [2.24, 2.45) is 11.5 Å². The minimum absolute atomic E-state index is 0.0689. The molecule has 4 aromatic rings. The molecule has 5 heterocycles. The number of nitrogens with zero attached hydrogens (tertiary/aromatic N) is 2. The second-order valence-corrected chi connectivity index (χ2v) is 10.9. The molecule has 1 amide bonds. The molecule has 0 radical (unpaired) electrons. The number of amides is 1. The van der Waals surface area contributed by atoms with Gasteiger partial charge < -0.3 is 40.6 Å². The largest absolute Gasteiger partial charge is 0.456 e. The Morgan fingerprint density at radius 1 is 1.13 bits per heavy atom. The predicted octanol–water partition coefficient (Wildman–Crippen LogP) is 3.87. The summed E-state index contributed by atoms with van der Waals surface area (Å²) in [5.74, 6) is -0.138. The van der Waals surface area contributed by atoms with E-state index in [1.54, 1.807) is 6.20 Å². The fraction of sp³-hybridized carbons (Fsp3) is 0.370. The highest BCUT2D eigenvalue weighted by Gasteiger charge is 2.23. The van der Waals surface area contributed by atoms with Gasteiger partial charge in [0.1, 0.15) is 6.26 Å². The fourth-order valence-electron chi connectivity index (χ4n) is 5.11. The number of morpholine rings is 1. The number of carbonyl (C=O) groups excluding carboxylic acids is 1. The van der Waals surface area contributed by atoms with Crippen LogP contribution < -0.4 is 32.4 Å². The van der Waals surface area contributed by atoms with Crippen LogP contribution >= 0.6 is 11.3 Å². The lowest BCUT2D eigenvalue weighted by atomic mass is 9.91. The van der Waals surface area contributed by atoms with E-state index in [4.69, 9.17) is 25.0 Å². The quantitative estimate of drug-likeness (QED) is 0.266. The van der Waals surface area contributed by atoms with Crippen molar-refractivity contribution < 1.29 is 18.4 Å². The Hall–Kier alpha value is -3.87. The molecular weight excluding hydrogens is 520 g/mol. The van der Waals surface area contributed by atoms with Crippen LogP contribution in [0.1, 0.15) is 36.2 Å². The maximum atomic E-state index is 12.7. The summed E-state index contributed by atoms with van der Waals surface area (Å²) in [6, 6.07) is 7.28. The van der Waals surface area contributed by atoms with Crippen molar-refractivity contribution >= 4 is 50.7 Å². The molecule has 1 aliphatic carbocycles. The highest BCUT2D eigenvalue weighted by molar-refractivity contribution is 7.19. The number of primary amides is 1. The third kappa shape index (κ3) is 5.22. The highest BCUT2D eigenvalue weighted by Crippen LogP contribution is 2.39. The molecule has 12 heteroatoms. The molecule has 2 aliphatic rings. The van der Waals surface area contributed by atoms with Crippen LogP contribution in [0.5, 0.6) is 0 Å². The summed E-state index contributed by atoms with van der Waals surface area (Å²) in [7, 11) is 0. The number of pyridine rings is 1. The first kappa shape index (κ1) is 25.4. The maximum Gasteiger partial charge on any atom is 0.269 e. The minimum atomic E-state index is -0.631. The van der Waals surface area contributed by atoms with E-state index in [9.17, 15) is 9.59 Å². The van der Waals surface area contributed by atoms with Crippen molar-refractivity contribution in [3.8, 4) is 10.4 Å². The maximum absolute atomic E-state index is 12.7. The van der Waals surface area contributed by atoms with E-state index in [1.165, 1.54) is 23.7 Å². The van der Waals surface area contributed by atoms with Crippen molar-refractivity contribution in [1.82, 2.24) is 4.98 Å². The van der Waals surface area contributed by atoms with Gasteiger partial charge >= 0.3 is 0 Å². The standard InChI is InChI=1S/C27H30N6O5S/c28-17-3-1-2-4-18(17)31-15-11-19(24(27(29)35)30-13-15)32-22-6-5-21(39-22)16-14-37-26-20(34)12-23(38-25(16)26)33-7-9-36-10-8-33/h5-6,11-14,17-18,31-32H,1-4,7-10,28H2,(H2,29,35)/t17-,18+/m1/s1. The first-order chi connectivity index (χ1) is 19.0. The molecule has 1 aliphatic heterocycles. The smallest absolute Gasteiger partial charge is 0.269 e. The number of thiophene rings is 1. The van der Waals surface area contributed by atoms with Crippen LogP contribution in [0, 0.1) is 0 Å². The summed E-state index contributed by atoms with van der Waals surface area (Å²) < 4.78 is 17.2. The van der Waals surface area contributed by atoms with Crippen LogP contribution in [-0.4, -0.2) is 49.3 Å². The minimum Gasteiger partial charge on any atom is -0.456 e. The Bertz CT molecular complexity index is 1560. The molecule has 4 aromatic heterocycles. The number of fused-ring (bicyclic) bond motifs is 1. The fourth-order valence-corrected chi connectivity index (χ4v) is 6.03. The van der Waals surface area contributed by atoms with E-state index in [0.717, 1.165) is 41.2 Å². The average molecular weight is 551 g/mol. The molecule has 2 fully saturated rings. The number of hydrogen-bond acceptors (Lipinski definition) is 11. The molecule has 0 bridgehead atoms. The molecule has 2 atom stereocenters. The molecule has 1 saturated heterocycles. The van der Waals surface area contributed by atoms with Gasteiger partial charge in [-0.25, -0.2) is 4.98 Å². The molecule has 39 heavy (non-hydrogen) atoms. The van der Waals surface area contributed by atoms with Crippen LogP contribution in [0.2, 0.25) is 0 Å². The summed E-state index contributed by atoms with van der Waals surface area (Å²) in [5.41, 5.74) is 14.3. The number of hydrogen-bond donors (Lipinski definition) is 4. The van der Waals surface area contributed by atoms with E-state index < -0.39 is 5.91 Å². The van der Waals surface area contributed by atoms with Gasteiger partial charge in [0.2, 0.25) is 11.0 Å². The topological polar surface area (TPSA) is 162 Å². The Balaban J connectivity index is 1.28. The zero-order valence-electron chi connectivity index (χ0n) is 21.3. The van der Waals surface area contributed by atoms with Crippen molar-refractivity contribution in [3.05, 3.63) is 52.6 Å². The number of rotatable bonds is 7. The third-order valence-electron chi connectivity index (χ3n) is 7.18. The molecule has 204 valence electrons. The summed E-state index contributed by atoms with van der Waals surface area (Å²) >= 11 is 1.42. The highest BCUT2D eigenvalue weighted by atomic mass is 32.1. The van der Waals surface area contributed by atoms with Crippen molar-refractivity contribution in [3.63, 3.8) is 0 Å². The zero-order valence-corrected chi connectivity index (χ0v) is 22.1. The zero-order chi connectivity index (χ0) is 26.9. The molecule has 0 aromatic carbocycles. The number of aromatic nitrogens is 1. The molecule has 0 unspecified atom stereocenters. The summed E-state index contributed by atoms with van der Waals surface area (Å²) in [6.07, 6.45) is 7.36. The first-order valence-corrected chi connectivity index (χ1v) is 13.8. The molecule has 6 rings (SSSR count). The summed E-state index contributed by atoms with van der Waals surface area (Å²) in [6.45, 7) is 2.44. The van der Waals surface area contributed by atoms with Crippen LogP contribution in [0.25, 0.3) is 21.6 Å². The van der Waals surface area contributed by atoms with Crippen LogP contribution in [0.3, 0.4) is 0 Å². The van der Waals surface area contributed by atoms with Gasteiger partial charge in [-0.2, -0.15) is 0 Å². The van der Waals surface area contributed by atoms with Gasteiger partial charge in [0.05, 0.1) is 47.4 Å². The van der Waals surface area contributed by atoms with E-state index in [-0.39, 0.29) is 28.8 Å². The van der Waals surface area contributed by atoms with Crippen molar-refractivity contribution in [1.29, 1.82) is 0 Å². The van der Waals surface area contributed by atoms with Crippen LogP contribution in [-0.2, 0) is 4.74 Å². The Morgan fingerprint density at radius 3 is 2.74 bits per heavy atom. The Morgan fingerprint density at radius 2 is 1.95 bits per heavy atom. The van der Waals surface area contributed by atoms with Gasteiger partial charge in [0.25, 0.3) is 5.91 Å². The molecular formula is C27H30N6O5S. The van der Waals surface area contributed by atoms with Gasteiger partial charge in [-0.1, -0.05) is 12.8 Å². The lowest BCUT2D eigenvalue weighted by Crippen LogP contribution is -2.42. The van der Waals surface area contributed by atoms with Gasteiger partial charge in [-0.05, 0) is 31.0 Å². The van der Waals surface area contributed by atoms with Crippen LogP contribution in [0.4, 0.5) is 22.3 Å². The van der Waals surface area contributed by atoms with Gasteiger partial charge in [0.15, 0.2) is 17.2 Å². The van der Waals surface area contributed by atoms with Gasteiger partial charge in [-0.15, -0.1) is 11.3 Å². The number of ether oxygens (including phenoxy) is 1. The van der Waals surface area contributed by atoms with Gasteiger partial charge in [-0.3, -0.25) is 9.59 Å². The Labute approximate surface area is 228 Å². The van der Waals surface area contributed by atoms with Gasteiger partial charge in [0, 0.05) is 30.1 Å². The monoisotopic (exact) mass is 550 g/mol. The van der Waals surface area contributed by atoms with Crippen molar-refractivity contribution in [2.45, 2.75) is 37.8 Å². The normalized spacial score (nSPS) is 19.8. The average Bonchev–Trinajstić information content (AvgIpc) is 3.58. The molecule has 6 N–H and O–H groups in total. The Kier molecular flexibility index (Phi) is 6.98. The van der Waals surface area contributed by atoms with E-state index in [1.807, 2.05) is 23.1 Å². The lowest BCUT2D eigenvalue weighted by Gasteiger charge is -2.30. The number of furan rings is 1. The van der Waals surface area contributed by atoms with E-state index in [0.29, 0.717) is 49.0 Å².